The fraction of sp³-hybridized carbons (Fsp3) is 0.250. The zero-order valence-corrected chi connectivity index (χ0v) is 14.7. The van der Waals surface area contributed by atoms with Crippen molar-refractivity contribution in [3.05, 3.63) is 47.9 Å². The highest BCUT2D eigenvalue weighted by Gasteiger charge is 2.30. The number of alkyl halides is 3. The third-order valence-corrected chi connectivity index (χ3v) is 3.11. The van der Waals surface area contributed by atoms with E-state index in [4.69, 9.17) is 22.7 Å². The van der Waals surface area contributed by atoms with Crippen molar-refractivity contribution in [2.24, 2.45) is 10.7 Å². The van der Waals surface area contributed by atoms with E-state index in [1.165, 1.54) is 6.20 Å². The predicted octanol–water partition coefficient (Wildman–Crippen LogP) is 3.38. The molecule has 2 rings (SSSR count). The second-order valence-corrected chi connectivity index (χ2v) is 5.79. The number of thiocarbonyl (C=S) groups is 1. The number of rotatable bonds is 4. The first-order valence-electron chi connectivity index (χ1n) is 7.46. The third-order valence-electron chi connectivity index (χ3n) is 2.91. The Morgan fingerprint density at radius 1 is 1.27 bits per heavy atom. The summed E-state index contributed by atoms with van der Waals surface area (Å²) in [5.74, 6) is 0.722. The fourth-order valence-electron chi connectivity index (χ4n) is 1.84. The molecule has 2 heterocycles. The first-order chi connectivity index (χ1) is 12.1. The number of nitrogens with two attached hydrogens (primary N) is 1. The minimum absolute atomic E-state index is 0.0168. The molecule has 10 heteroatoms. The normalized spacial score (nSPS) is 12.2. The Balaban J connectivity index is 2.08. The number of hydrogen-bond acceptors (Lipinski definition) is 4. The quantitative estimate of drug-likeness (QED) is 0.478. The Bertz CT molecular complexity index is 806. The van der Waals surface area contributed by atoms with Crippen LogP contribution in [0.4, 0.5) is 19.0 Å². The van der Waals surface area contributed by atoms with Gasteiger partial charge in [-0.15, -0.1) is 0 Å². The SMILES string of the molecule is CC(C)Oc1ccnc(C(N)=NC(=S)Nc2ccc(C(F)(F)F)cn2)c1. The van der Waals surface area contributed by atoms with Gasteiger partial charge < -0.3 is 15.8 Å². The topological polar surface area (TPSA) is 85.4 Å². The highest BCUT2D eigenvalue weighted by molar-refractivity contribution is 7.80. The molecule has 0 saturated heterocycles. The van der Waals surface area contributed by atoms with Gasteiger partial charge in [0.15, 0.2) is 10.9 Å². The third kappa shape index (κ3) is 5.66. The van der Waals surface area contributed by atoms with Gasteiger partial charge in [-0.3, -0.25) is 4.98 Å². The average Bonchev–Trinajstić information content (AvgIpc) is 2.54. The predicted molar refractivity (Wildman–Crippen MR) is 96.2 cm³/mol. The molecule has 0 aromatic carbocycles. The molecule has 0 aliphatic rings. The molecule has 2 aromatic rings. The van der Waals surface area contributed by atoms with Crippen molar-refractivity contribution in [2.75, 3.05) is 5.32 Å². The smallest absolute Gasteiger partial charge is 0.417 e. The van der Waals surface area contributed by atoms with Crippen LogP contribution in [0.15, 0.2) is 41.7 Å². The second kappa shape index (κ2) is 8.09. The summed E-state index contributed by atoms with van der Waals surface area (Å²) in [4.78, 5) is 11.7. The van der Waals surface area contributed by atoms with Crippen LogP contribution in [-0.2, 0) is 6.18 Å². The van der Waals surface area contributed by atoms with Gasteiger partial charge in [0.25, 0.3) is 0 Å². The number of halogens is 3. The molecule has 0 aliphatic carbocycles. The number of amidine groups is 1. The lowest BCUT2D eigenvalue weighted by molar-refractivity contribution is -0.137. The number of nitrogens with zero attached hydrogens (tertiary/aromatic N) is 3. The second-order valence-electron chi connectivity index (χ2n) is 5.40. The summed E-state index contributed by atoms with van der Waals surface area (Å²) in [6.45, 7) is 3.77. The van der Waals surface area contributed by atoms with E-state index in [2.05, 4.69) is 20.3 Å². The molecule has 0 atom stereocenters. The monoisotopic (exact) mass is 383 g/mol. The van der Waals surface area contributed by atoms with E-state index in [9.17, 15) is 13.2 Å². The van der Waals surface area contributed by atoms with Gasteiger partial charge in [0.1, 0.15) is 17.3 Å². The Morgan fingerprint density at radius 3 is 2.58 bits per heavy atom. The van der Waals surface area contributed by atoms with Gasteiger partial charge in [-0.1, -0.05) is 0 Å². The Labute approximate surface area is 153 Å². The molecular formula is C16H16F3N5OS. The van der Waals surface area contributed by atoms with Crippen molar-refractivity contribution >= 4 is 29.0 Å². The van der Waals surface area contributed by atoms with E-state index < -0.39 is 11.7 Å². The van der Waals surface area contributed by atoms with E-state index in [-0.39, 0.29) is 22.9 Å². The summed E-state index contributed by atoms with van der Waals surface area (Å²) in [5, 5.41) is 2.53. The number of hydrogen-bond donors (Lipinski definition) is 2. The Kier molecular flexibility index (Phi) is 6.09. The lowest BCUT2D eigenvalue weighted by atomic mass is 10.3. The van der Waals surface area contributed by atoms with Gasteiger partial charge in [-0.2, -0.15) is 13.2 Å². The molecule has 6 nitrogen and oxygen atoms in total. The van der Waals surface area contributed by atoms with Crippen LogP contribution in [0.1, 0.15) is 25.1 Å². The molecule has 0 spiro atoms. The zero-order valence-electron chi connectivity index (χ0n) is 13.9. The maximum Gasteiger partial charge on any atom is 0.417 e. The number of ether oxygens (including phenoxy) is 1. The van der Waals surface area contributed by atoms with Gasteiger partial charge in [-0.25, -0.2) is 9.98 Å². The maximum absolute atomic E-state index is 12.5. The van der Waals surface area contributed by atoms with Gasteiger partial charge in [0.2, 0.25) is 0 Å². The zero-order chi connectivity index (χ0) is 19.3. The van der Waals surface area contributed by atoms with Crippen molar-refractivity contribution in [2.45, 2.75) is 26.1 Å². The van der Waals surface area contributed by atoms with Crippen molar-refractivity contribution in [1.82, 2.24) is 9.97 Å². The Morgan fingerprint density at radius 2 is 2.00 bits per heavy atom. The average molecular weight is 383 g/mol. The lowest BCUT2D eigenvalue weighted by Gasteiger charge is -2.10. The van der Waals surface area contributed by atoms with Crippen LogP contribution in [0.2, 0.25) is 0 Å². The van der Waals surface area contributed by atoms with Crippen molar-refractivity contribution in [1.29, 1.82) is 0 Å². The summed E-state index contributed by atoms with van der Waals surface area (Å²) < 4.78 is 43.1. The maximum atomic E-state index is 12.5. The molecule has 0 amide bonds. The van der Waals surface area contributed by atoms with E-state index in [1.807, 2.05) is 13.8 Å². The number of nitrogens with one attached hydrogen (secondary N) is 1. The largest absolute Gasteiger partial charge is 0.491 e. The van der Waals surface area contributed by atoms with Crippen LogP contribution in [0.5, 0.6) is 5.75 Å². The minimum atomic E-state index is -4.45. The van der Waals surface area contributed by atoms with Crippen LogP contribution < -0.4 is 15.8 Å². The van der Waals surface area contributed by atoms with Crippen molar-refractivity contribution in [3.63, 3.8) is 0 Å². The Hall–Kier alpha value is -2.75. The summed E-state index contributed by atoms with van der Waals surface area (Å²) in [6.07, 6.45) is -2.25. The number of aliphatic imine (C=N–C) groups is 1. The fourth-order valence-corrected chi connectivity index (χ4v) is 2.04. The summed E-state index contributed by atoms with van der Waals surface area (Å²) in [7, 11) is 0. The number of anilines is 1. The molecule has 3 N–H and O–H groups in total. The lowest BCUT2D eigenvalue weighted by Crippen LogP contribution is -2.20. The van der Waals surface area contributed by atoms with Crippen LogP contribution in [0, 0.1) is 0 Å². The van der Waals surface area contributed by atoms with Gasteiger partial charge in [-0.05, 0) is 44.3 Å². The van der Waals surface area contributed by atoms with Crippen molar-refractivity contribution < 1.29 is 17.9 Å². The van der Waals surface area contributed by atoms with Crippen LogP contribution in [0.25, 0.3) is 0 Å². The molecular weight excluding hydrogens is 367 g/mol. The molecule has 26 heavy (non-hydrogen) atoms. The van der Waals surface area contributed by atoms with Crippen LogP contribution in [-0.4, -0.2) is 27.0 Å². The molecule has 0 radical (unpaired) electrons. The minimum Gasteiger partial charge on any atom is -0.491 e. The van der Waals surface area contributed by atoms with Crippen LogP contribution in [0.3, 0.4) is 0 Å². The summed E-state index contributed by atoms with van der Waals surface area (Å²) in [5.41, 5.74) is 5.36. The van der Waals surface area contributed by atoms with Gasteiger partial charge in [0, 0.05) is 18.5 Å². The standard InChI is InChI=1S/C16H16F3N5OS/c1-9(2)25-11-5-6-21-12(7-11)14(20)24-15(26)23-13-4-3-10(8-22-13)16(17,18)19/h3-9H,1-2H3,(H3,20,22,23,24,26). The van der Waals surface area contributed by atoms with Gasteiger partial charge in [0.05, 0.1) is 11.7 Å². The van der Waals surface area contributed by atoms with Crippen LogP contribution >= 0.6 is 12.2 Å². The van der Waals surface area contributed by atoms with E-state index in [0.29, 0.717) is 17.6 Å². The molecule has 0 saturated carbocycles. The molecule has 138 valence electrons. The highest BCUT2D eigenvalue weighted by Crippen LogP contribution is 2.28. The summed E-state index contributed by atoms with van der Waals surface area (Å²) >= 11 is 5.02. The highest BCUT2D eigenvalue weighted by atomic mass is 32.1. The van der Waals surface area contributed by atoms with E-state index >= 15 is 0 Å². The van der Waals surface area contributed by atoms with E-state index in [0.717, 1.165) is 12.1 Å². The number of aromatic nitrogens is 2. The van der Waals surface area contributed by atoms with Gasteiger partial charge >= 0.3 is 6.18 Å². The number of pyridine rings is 2. The summed E-state index contributed by atoms with van der Waals surface area (Å²) in [6, 6.07) is 5.33. The first-order valence-corrected chi connectivity index (χ1v) is 7.87. The van der Waals surface area contributed by atoms with E-state index in [1.54, 1.807) is 12.1 Å². The molecule has 2 aromatic heterocycles. The molecule has 0 bridgehead atoms. The molecule has 0 unspecified atom stereocenters. The molecule has 0 fully saturated rings. The molecule has 0 aliphatic heterocycles. The first kappa shape index (κ1) is 19.6. The van der Waals surface area contributed by atoms with Crippen molar-refractivity contribution in [3.8, 4) is 5.75 Å².